The van der Waals surface area contributed by atoms with Gasteiger partial charge in [-0.05, 0) is 44.9 Å². The van der Waals surface area contributed by atoms with E-state index in [-0.39, 0.29) is 11.9 Å². The van der Waals surface area contributed by atoms with Crippen LogP contribution in [0.1, 0.15) is 52.8 Å². The molecule has 0 amide bonds. The fourth-order valence-corrected chi connectivity index (χ4v) is 2.52. The molecule has 3 nitrogen and oxygen atoms in total. The molecule has 120 valence electrons. The van der Waals surface area contributed by atoms with Crippen LogP contribution in [0.25, 0.3) is 0 Å². The highest BCUT2D eigenvalue weighted by Crippen LogP contribution is 2.16. The van der Waals surface area contributed by atoms with Gasteiger partial charge in [-0.2, -0.15) is 0 Å². The van der Waals surface area contributed by atoms with E-state index >= 15 is 0 Å². The summed E-state index contributed by atoms with van der Waals surface area (Å²) in [7, 11) is 0. The van der Waals surface area contributed by atoms with E-state index in [1.807, 2.05) is 0 Å². The average molecular weight is 295 g/mol. The van der Waals surface area contributed by atoms with E-state index in [0.717, 1.165) is 31.7 Å². The number of halogens is 1. The van der Waals surface area contributed by atoms with E-state index in [0.29, 0.717) is 12.0 Å². The standard InChI is InChI=1S/C17H30FN3/c1-6-19-17(16-8-7-15(18)11-20-16)9-10-21(14(4)5)12-13(2)3/h7-8,11,13-14,17,19H,6,9-10,12H2,1-5H3. The molecule has 0 saturated heterocycles. The lowest BCUT2D eigenvalue weighted by atomic mass is 10.1. The van der Waals surface area contributed by atoms with Crippen molar-refractivity contribution in [3.8, 4) is 0 Å². The van der Waals surface area contributed by atoms with Crippen LogP contribution in [0.5, 0.6) is 0 Å². The molecule has 1 heterocycles. The van der Waals surface area contributed by atoms with Crippen molar-refractivity contribution >= 4 is 0 Å². The molecule has 1 N–H and O–H groups in total. The normalized spacial score (nSPS) is 13.4. The molecule has 1 rings (SSSR count). The maximum atomic E-state index is 13.0. The summed E-state index contributed by atoms with van der Waals surface area (Å²) in [4.78, 5) is 6.72. The van der Waals surface area contributed by atoms with Gasteiger partial charge in [-0.25, -0.2) is 4.39 Å². The first-order valence-electron chi connectivity index (χ1n) is 8.02. The Morgan fingerprint density at radius 1 is 1.24 bits per heavy atom. The summed E-state index contributed by atoms with van der Waals surface area (Å²) in [6, 6.07) is 3.99. The minimum Gasteiger partial charge on any atom is -0.309 e. The van der Waals surface area contributed by atoms with Crippen molar-refractivity contribution in [1.82, 2.24) is 15.2 Å². The SMILES string of the molecule is CCNC(CCN(CC(C)C)C(C)C)c1ccc(F)cn1. The van der Waals surface area contributed by atoms with Gasteiger partial charge in [-0.1, -0.05) is 20.8 Å². The Morgan fingerprint density at radius 2 is 1.95 bits per heavy atom. The lowest BCUT2D eigenvalue weighted by Crippen LogP contribution is -2.37. The highest BCUT2D eigenvalue weighted by Gasteiger charge is 2.16. The van der Waals surface area contributed by atoms with Crippen molar-refractivity contribution in [3.63, 3.8) is 0 Å². The van der Waals surface area contributed by atoms with E-state index in [1.54, 1.807) is 6.07 Å². The smallest absolute Gasteiger partial charge is 0.141 e. The van der Waals surface area contributed by atoms with Crippen molar-refractivity contribution in [2.45, 2.75) is 53.1 Å². The summed E-state index contributed by atoms with van der Waals surface area (Å²) >= 11 is 0. The molecule has 0 aliphatic heterocycles. The largest absolute Gasteiger partial charge is 0.309 e. The van der Waals surface area contributed by atoms with E-state index in [9.17, 15) is 4.39 Å². The molecular formula is C17H30FN3. The zero-order chi connectivity index (χ0) is 15.8. The third kappa shape index (κ3) is 6.53. The van der Waals surface area contributed by atoms with Crippen LogP contribution >= 0.6 is 0 Å². The van der Waals surface area contributed by atoms with Crippen molar-refractivity contribution < 1.29 is 4.39 Å². The molecule has 0 aromatic carbocycles. The zero-order valence-electron chi connectivity index (χ0n) is 14.1. The van der Waals surface area contributed by atoms with Gasteiger partial charge in [-0.3, -0.25) is 4.98 Å². The van der Waals surface area contributed by atoms with Crippen LogP contribution in [0.15, 0.2) is 18.3 Å². The van der Waals surface area contributed by atoms with Crippen molar-refractivity contribution in [2.24, 2.45) is 5.92 Å². The van der Waals surface area contributed by atoms with Crippen LogP contribution in [0.4, 0.5) is 4.39 Å². The molecule has 1 unspecified atom stereocenters. The Kier molecular flexibility index (Phi) is 7.83. The molecule has 1 aromatic rings. The van der Waals surface area contributed by atoms with Crippen LogP contribution in [0, 0.1) is 11.7 Å². The number of aromatic nitrogens is 1. The van der Waals surface area contributed by atoms with Gasteiger partial charge < -0.3 is 10.2 Å². The summed E-state index contributed by atoms with van der Waals surface area (Å²) in [5.74, 6) is 0.381. The number of hydrogen-bond donors (Lipinski definition) is 1. The molecular weight excluding hydrogens is 265 g/mol. The lowest BCUT2D eigenvalue weighted by Gasteiger charge is -2.30. The quantitative estimate of drug-likeness (QED) is 0.754. The zero-order valence-corrected chi connectivity index (χ0v) is 14.1. The maximum Gasteiger partial charge on any atom is 0.141 e. The summed E-state index contributed by atoms with van der Waals surface area (Å²) in [5, 5.41) is 3.45. The molecule has 0 fully saturated rings. The van der Waals surface area contributed by atoms with E-state index < -0.39 is 0 Å². The first-order chi connectivity index (χ1) is 9.93. The number of hydrogen-bond acceptors (Lipinski definition) is 3. The van der Waals surface area contributed by atoms with E-state index in [1.165, 1.54) is 12.3 Å². The number of pyridine rings is 1. The van der Waals surface area contributed by atoms with Crippen LogP contribution in [-0.2, 0) is 0 Å². The monoisotopic (exact) mass is 295 g/mol. The molecule has 1 aromatic heterocycles. The van der Waals surface area contributed by atoms with Crippen LogP contribution in [-0.4, -0.2) is 35.6 Å². The second-order valence-electron chi connectivity index (χ2n) is 6.28. The van der Waals surface area contributed by atoms with Crippen molar-refractivity contribution in [1.29, 1.82) is 0 Å². The van der Waals surface area contributed by atoms with Gasteiger partial charge in [0.25, 0.3) is 0 Å². The predicted octanol–water partition coefficient (Wildman–Crippen LogP) is 3.63. The Morgan fingerprint density at radius 3 is 2.43 bits per heavy atom. The number of nitrogens with one attached hydrogen (secondary N) is 1. The fourth-order valence-electron chi connectivity index (χ4n) is 2.52. The predicted molar refractivity (Wildman–Crippen MR) is 86.8 cm³/mol. The van der Waals surface area contributed by atoms with Crippen molar-refractivity contribution in [2.75, 3.05) is 19.6 Å². The van der Waals surface area contributed by atoms with Crippen LogP contribution in [0.2, 0.25) is 0 Å². The van der Waals surface area contributed by atoms with Gasteiger partial charge in [-0.15, -0.1) is 0 Å². The summed E-state index contributed by atoms with van der Waals surface area (Å²) in [6.45, 7) is 14.1. The molecule has 0 bridgehead atoms. The molecule has 0 aliphatic carbocycles. The number of nitrogens with zero attached hydrogens (tertiary/aromatic N) is 2. The van der Waals surface area contributed by atoms with Gasteiger partial charge in [0.1, 0.15) is 5.82 Å². The molecule has 0 saturated carbocycles. The third-order valence-electron chi connectivity index (χ3n) is 3.59. The lowest BCUT2D eigenvalue weighted by molar-refractivity contribution is 0.187. The Balaban J connectivity index is 2.67. The van der Waals surface area contributed by atoms with Gasteiger partial charge in [0.05, 0.1) is 17.9 Å². The molecule has 21 heavy (non-hydrogen) atoms. The second kappa shape index (κ2) is 9.11. The van der Waals surface area contributed by atoms with Gasteiger partial charge >= 0.3 is 0 Å². The van der Waals surface area contributed by atoms with Gasteiger partial charge in [0.2, 0.25) is 0 Å². The van der Waals surface area contributed by atoms with Gasteiger partial charge in [0, 0.05) is 19.1 Å². The topological polar surface area (TPSA) is 28.2 Å². The number of rotatable bonds is 9. The molecule has 0 spiro atoms. The Hall–Kier alpha value is -1.00. The minimum atomic E-state index is -0.280. The first-order valence-corrected chi connectivity index (χ1v) is 8.02. The van der Waals surface area contributed by atoms with Crippen LogP contribution in [0.3, 0.4) is 0 Å². The van der Waals surface area contributed by atoms with E-state index in [4.69, 9.17) is 0 Å². The Labute approximate surface area is 129 Å². The molecule has 0 aliphatic rings. The first kappa shape index (κ1) is 18.1. The van der Waals surface area contributed by atoms with Crippen LogP contribution < -0.4 is 5.32 Å². The summed E-state index contributed by atoms with van der Waals surface area (Å²) < 4.78 is 13.0. The summed E-state index contributed by atoms with van der Waals surface area (Å²) in [5.41, 5.74) is 0.923. The average Bonchev–Trinajstić information content (AvgIpc) is 2.42. The Bertz CT molecular complexity index is 390. The molecule has 4 heteroatoms. The van der Waals surface area contributed by atoms with E-state index in [2.05, 4.69) is 49.8 Å². The minimum absolute atomic E-state index is 0.184. The van der Waals surface area contributed by atoms with Crippen molar-refractivity contribution in [3.05, 3.63) is 29.8 Å². The summed E-state index contributed by atoms with van der Waals surface area (Å²) in [6.07, 6.45) is 2.28. The maximum absolute atomic E-state index is 13.0. The molecule has 0 radical (unpaired) electrons. The fraction of sp³-hybridized carbons (Fsp3) is 0.706. The third-order valence-corrected chi connectivity index (χ3v) is 3.59. The molecule has 1 atom stereocenters. The van der Waals surface area contributed by atoms with Gasteiger partial charge in [0.15, 0.2) is 0 Å². The second-order valence-corrected chi connectivity index (χ2v) is 6.28. The highest BCUT2D eigenvalue weighted by molar-refractivity contribution is 5.10. The highest BCUT2D eigenvalue weighted by atomic mass is 19.1.